The van der Waals surface area contributed by atoms with Crippen LogP contribution < -0.4 is 5.32 Å². The SMILES string of the molecule is CCOC1COCCC1Nc1cnc(C(=O)O)cn1. The summed E-state index contributed by atoms with van der Waals surface area (Å²) in [5.74, 6) is -0.543. The molecule has 2 unspecified atom stereocenters. The van der Waals surface area contributed by atoms with Crippen molar-refractivity contribution >= 4 is 11.8 Å². The lowest BCUT2D eigenvalue weighted by molar-refractivity contribution is -0.0529. The van der Waals surface area contributed by atoms with Crippen LogP contribution in [0.1, 0.15) is 23.8 Å². The molecule has 1 fully saturated rings. The summed E-state index contributed by atoms with van der Waals surface area (Å²) in [5, 5.41) is 12.0. The molecule has 0 radical (unpaired) electrons. The van der Waals surface area contributed by atoms with Crippen molar-refractivity contribution in [1.82, 2.24) is 9.97 Å². The molecule has 1 aliphatic heterocycles. The van der Waals surface area contributed by atoms with E-state index in [9.17, 15) is 4.79 Å². The zero-order chi connectivity index (χ0) is 13.7. The number of ether oxygens (including phenoxy) is 2. The van der Waals surface area contributed by atoms with E-state index in [0.717, 1.165) is 6.42 Å². The molecular weight excluding hydrogens is 250 g/mol. The number of nitrogens with zero attached hydrogens (tertiary/aromatic N) is 2. The lowest BCUT2D eigenvalue weighted by atomic mass is 10.1. The number of carbonyl (C=O) groups is 1. The highest BCUT2D eigenvalue weighted by Gasteiger charge is 2.26. The van der Waals surface area contributed by atoms with Gasteiger partial charge in [0.25, 0.3) is 0 Å². The van der Waals surface area contributed by atoms with Crippen LogP contribution in [-0.2, 0) is 9.47 Å². The van der Waals surface area contributed by atoms with Gasteiger partial charge in [0.05, 0.1) is 25.0 Å². The first-order valence-corrected chi connectivity index (χ1v) is 6.22. The molecule has 1 aromatic heterocycles. The Morgan fingerprint density at radius 2 is 2.42 bits per heavy atom. The van der Waals surface area contributed by atoms with E-state index in [1.165, 1.54) is 12.4 Å². The third kappa shape index (κ3) is 3.62. The van der Waals surface area contributed by atoms with Crippen molar-refractivity contribution in [2.45, 2.75) is 25.5 Å². The van der Waals surface area contributed by atoms with E-state index < -0.39 is 5.97 Å². The van der Waals surface area contributed by atoms with Crippen LogP contribution in [-0.4, -0.2) is 53.0 Å². The van der Waals surface area contributed by atoms with Gasteiger partial charge in [-0.3, -0.25) is 0 Å². The van der Waals surface area contributed by atoms with Gasteiger partial charge in [-0.1, -0.05) is 0 Å². The number of carboxylic acid groups (broad SMARTS) is 1. The van der Waals surface area contributed by atoms with Crippen LogP contribution in [0.3, 0.4) is 0 Å². The summed E-state index contributed by atoms with van der Waals surface area (Å²) < 4.78 is 11.0. The van der Waals surface area contributed by atoms with E-state index in [1.54, 1.807) is 0 Å². The number of aromatic nitrogens is 2. The predicted molar refractivity (Wildman–Crippen MR) is 67.3 cm³/mol. The molecule has 2 N–H and O–H groups in total. The Morgan fingerprint density at radius 1 is 1.58 bits per heavy atom. The van der Waals surface area contributed by atoms with Gasteiger partial charge in [-0.2, -0.15) is 0 Å². The van der Waals surface area contributed by atoms with Crippen molar-refractivity contribution in [3.8, 4) is 0 Å². The largest absolute Gasteiger partial charge is 0.476 e. The molecule has 7 heteroatoms. The summed E-state index contributed by atoms with van der Waals surface area (Å²) >= 11 is 0. The second kappa shape index (κ2) is 6.44. The molecule has 1 aromatic rings. The standard InChI is InChI=1S/C12H17N3O4/c1-2-19-10-7-18-4-3-8(10)15-11-6-13-9(5-14-11)12(16)17/h5-6,8,10H,2-4,7H2,1H3,(H,14,15)(H,16,17). The van der Waals surface area contributed by atoms with Gasteiger partial charge >= 0.3 is 5.97 Å². The molecule has 19 heavy (non-hydrogen) atoms. The average molecular weight is 267 g/mol. The number of hydrogen-bond donors (Lipinski definition) is 2. The van der Waals surface area contributed by atoms with E-state index in [1.807, 2.05) is 6.92 Å². The minimum Gasteiger partial charge on any atom is -0.476 e. The smallest absolute Gasteiger partial charge is 0.356 e. The number of hydrogen-bond acceptors (Lipinski definition) is 6. The monoisotopic (exact) mass is 267 g/mol. The van der Waals surface area contributed by atoms with Crippen LogP contribution in [0, 0.1) is 0 Å². The summed E-state index contributed by atoms with van der Waals surface area (Å²) in [6.45, 7) is 3.77. The lowest BCUT2D eigenvalue weighted by Gasteiger charge is -2.32. The lowest BCUT2D eigenvalue weighted by Crippen LogP contribution is -2.43. The molecule has 7 nitrogen and oxygen atoms in total. The Bertz CT molecular complexity index is 421. The summed E-state index contributed by atoms with van der Waals surface area (Å²) in [7, 11) is 0. The molecule has 0 saturated carbocycles. The summed E-state index contributed by atoms with van der Waals surface area (Å²) in [6, 6.07) is 0.0960. The van der Waals surface area contributed by atoms with Crippen molar-refractivity contribution in [1.29, 1.82) is 0 Å². The Balaban J connectivity index is 2.00. The quantitative estimate of drug-likeness (QED) is 0.814. The van der Waals surface area contributed by atoms with Crippen molar-refractivity contribution in [3.05, 3.63) is 18.1 Å². The summed E-state index contributed by atoms with van der Waals surface area (Å²) in [5.41, 5.74) is -0.0705. The minimum atomic E-state index is -1.09. The number of aromatic carboxylic acids is 1. The number of rotatable bonds is 5. The fourth-order valence-corrected chi connectivity index (χ4v) is 1.96. The predicted octanol–water partition coefficient (Wildman–Crippen LogP) is 0.781. The summed E-state index contributed by atoms with van der Waals surface area (Å²) in [6.07, 6.45) is 3.44. The first-order valence-electron chi connectivity index (χ1n) is 6.22. The van der Waals surface area contributed by atoms with Gasteiger partial charge in [-0.25, -0.2) is 14.8 Å². The normalized spacial score (nSPS) is 23.0. The molecule has 104 valence electrons. The molecule has 1 saturated heterocycles. The van der Waals surface area contributed by atoms with Gasteiger partial charge in [0.2, 0.25) is 0 Å². The fourth-order valence-electron chi connectivity index (χ4n) is 1.96. The molecule has 1 aliphatic rings. The van der Waals surface area contributed by atoms with Crippen molar-refractivity contribution in [3.63, 3.8) is 0 Å². The number of nitrogens with one attached hydrogen (secondary N) is 1. The maximum absolute atomic E-state index is 10.7. The van der Waals surface area contributed by atoms with Gasteiger partial charge < -0.3 is 19.9 Å². The van der Waals surface area contributed by atoms with Gasteiger partial charge in [0.15, 0.2) is 5.69 Å². The molecule has 0 aromatic carbocycles. The van der Waals surface area contributed by atoms with Crippen molar-refractivity contribution < 1.29 is 19.4 Å². The van der Waals surface area contributed by atoms with Crippen molar-refractivity contribution in [2.24, 2.45) is 0 Å². The third-order valence-electron chi connectivity index (χ3n) is 2.89. The average Bonchev–Trinajstić information content (AvgIpc) is 2.42. The van der Waals surface area contributed by atoms with Gasteiger partial charge in [-0.15, -0.1) is 0 Å². The highest BCUT2D eigenvalue weighted by molar-refractivity contribution is 5.84. The first kappa shape index (κ1) is 13.7. The second-order valence-electron chi connectivity index (χ2n) is 4.20. The van der Waals surface area contributed by atoms with Crippen LogP contribution in [0.5, 0.6) is 0 Å². The van der Waals surface area contributed by atoms with E-state index in [2.05, 4.69) is 15.3 Å². The molecule has 2 rings (SSSR count). The van der Waals surface area contributed by atoms with Crippen LogP contribution in [0.4, 0.5) is 5.82 Å². The second-order valence-corrected chi connectivity index (χ2v) is 4.20. The molecular formula is C12H17N3O4. The maximum Gasteiger partial charge on any atom is 0.356 e. The highest BCUT2D eigenvalue weighted by atomic mass is 16.5. The zero-order valence-electron chi connectivity index (χ0n) is 10.7. The molecule has 0 amide bonds. The van der Waals surface area contributed by atoms with E-state index >= 15 is 0 Å². The van der Waals surface area contributed by atoms with E-state index in [0.29, 0.717) is 25.6 Å². The van der Waals surface area contributed by atoms with E-state index in [-0.39, 0.29) is 17.8 Å². The van der Waals surface area contributed by atoms with E-state index in [4.69, 9.17) is 14.6 Å². The minimum absolute atomic E-state index is 0.0281. The van der Waals surface area contributed by atoms with Crippen LogP contribution >= 0.6 is 0 Å². The van der Waals surface area contributed by atoms with Crippen LogP contribution in [0.15, 0.2) is 12.4 Å². The first-order chi connectivity index (χ1) is 9.20. The van der Waals surface area contributed by atoms with Crippen LogP contribution in [0.25, 0.3) is 0 Å². The van der Waals surface area contributed by atoms with Crippen molar-refractivity contribution in [2.75, 3.05) is 25.1 Å². The van der Waals surface area contributed by atoms with Gasteiger partial charge in [0, 0.05) is 13.2 Å². The van der Waals surface area contributed by atoms with Gasteiger partial charge in [0.1, 0.15) is 11.9 Å². The molecule has 0 aliphatic carbocycles. The van der Waals surface area contributed by atoms with Crippen LogP contribution in [0.2, 0.25) is 0 Å². The Hall–Kier alpha value is -1.73. The summed E-state index contributed by atoms with van der Waals surface area (Å²) in [4.78, 5) is 18.5. The number of carboxylic acids is 1. The fraction of sp³-hybridized carbons (Fsp3) is 0.583. The molecule has 2 heterocycles. The third-order valence-corrected chi connectivity index (χ3v) is 2.89. The zero-order valence-corrected chi connectivity index (χ0v) is 10.7. The number of anilines is 1. The Kier molecular flexibility index (Phi) is 4.64. The molecule has 0 spiro atoms. The molecule has 0 bridgehead atoms. The Labute approximate surface area is 111 Å². The molecule has 2 atom stereocenters. The Morgan fingerprint density at radius 3 is 3.05 bits per heavy atom. The maximum atomic E-state index is 10.7. The van der Waals surface area contributed by atoms with Gasteiger partial charge in [-0.05, 0) is 13.3 Å². The highest BCUT2D eigenvalue weighted by Crippen LogP contribution is 2.16. The topological polar surface area (TPSA) is 93.6 Å².